The molecule has 0 fully saturated rings. The van der Waals surface area contributed by atoms with E-state index in [0.29, 0.717) is 0 Å². The van der Waals surface area contributed by atoms with Crippen LogP contribution in [0, 0.1) is 10.1 Å². The van der Waals surface area contributed by atoms with E-state index in [1.54, 1.807) is 6.92 Å². The van der Waals surface area contributed by atoms with Gasteiger partial charge in [-0.15, -0.1) is 0 Å². The number of hydrogen-bond donors (Lipinski definition) is 3. The standard InChI is InChI=1S/C9H15N5O4S/c1-6(5-19(2,17)18)11-8-3-7(14(15)16)4-9(12-8)13-10/h3-4,6H,5,10H2,1-2H3,(H2,11,12,13). The summed E-state index contributed by atoms with van der Waals surface area (Å²) in [4.78, 5) is 14.1. The van der Waals surface area contributed by atoms with E-state index >= 15 is 0 Å². The first kappa shape index (κ1) is 15.1. The Morgan fingerprint density at radius 1 is 1.47 bits per heavy atom. The Morgan fingerprint density at radius 3 is 2.53 bits per heavy atom. The van der Waals surface area contributed by atoms with Gasteiger partial charge in [-0.3, -0.25) is 10.1 Å². The van der Waals surface area contributed by atoms with Crippen LogP contribution in [0.5, 0.6) is 0 Å². The van der Waals surface area contributed by atoms with Gasteiger partial charge >= 0.3 is 0 Å². The summed E-state index contributed by atoms with van der Waals surface area (Å²) < 4.78 is 22.3. The van der Waals surface area contributed by atoms with Crippen molar-refractivity contribution in [2.45, 2.75) is 13.0 Å². The molecule has 10 heteroatoms. The Bertz CT molecular complexity index is 574. The van der Waals surface area contributed by atoms with Crippen molar-refractivity contribution in [3.05, 3.63) is 22.2 Å². The summed E-state index contributed by atoms with van der Waals surface area (Å²) in [5.74, 6) is 5.35. The maximum Gasteiger partial charge on any atom is 0.276 e. The molecule has 1 unspecified atom stereocenters. The van der Waals surface area contributed by atoms with Crippen molar-refractivity contribution in [2.24, 2.45) is 5.84 Å². The molecule has 0 spiro atoms. The van der Waals surface area contributed by atoms with Gasteiger partial charge in [0.05, 0.1) is 22.8 Å². The van der Waals surface area contributed by atoms with E-state index in [4.69, 9.17) is 5.84 Å². The first-order chi connectivity index (χ1) is 8.71. The number of sulfone groups is 1. The molecule has 0 saturated heterocycles. The minimum absolute atomic E-state index is 0.108. The van der Waals surface area contributed by atoms with Crippen LogP contribution >= 0.6 is 0 Å². The molecule has 1 aromatic rings. The van der Waals surface area contributed by atoms with Gasteiger partial charge in [0.15, 0.2) is 0 Å². The number of nitrogen functional groups attached to an aromatic ring is 1. The Morgan fingerprint density at radius 2 is 2.05 bits per heavy atom. The van der Waals surface area contributed by atoms with Crippen LogP contribution in [-0.2, 0) is 9.84 Å². The highest BCUT2D eigenvalue weighted by molar-refractivity contribution is 7.90. The maximum absolute atomic E-state index is 11.1. The van der Waals surface area contributed by atoms with Gasteiger partial charge in [-0.2, -0.15) is 0 Å². The number of nitro groups is 1. The van der Waals surface area contributed by atoms with Gasteiger partial charge in [-0.25, -0.2) is 19.2 Å². The van der Waals surface area contributed by atoms with Gasteiger partial charge in [-0.1, -0.05) is 0 Å². The molecular formula is C9H15N5O4S. The topological polar surface area (TPSA) is 140 Å². The first-order valence-electron chi connectivity index (χ1n) is 5.28. The molecule has 0 radical (unpaired) electrons. The van der Waals surface area contributed by atoms with Crippen molar-refractivity contribution in [2.75, 3.05) is 22.8 Å². The first-order valence-corrected chi connectivity index (χ1v) is 7.34. The Hall–Kier alpha value is -1.94. The highest BCUT2D eigenvalue weighted by atomic mass is 32.2. The number of anilines is 2. The summed E-state index contributed by atoms with van der Waals surface area (Å²) in [5.41, 5.74) is 2.01. The van der Waals surface area contributed by atoms with E-state index < -0.39 is 20.8 Å². The highest BCUT2D eigenvalue weighted by Gasteiger charge is 2.14. The predicted molar refractivity (Wildman–Crippen MR) is 71.5 cm³/mol. The zero-order chi connectivity index (χ0) is 14.6. The van der Waals surface area contributed by atoms with Crippen LogP contribution in [0.2, 0.25) is 0 Å². The average Bonchev–Trinajstić information content (AvgIpc) is 2.25. The number of pyridine rings is 1. The SMILES string of the molecule is CC(CS(C)(=O)=O)Nc1cc([N+](=O)[O-])cc(NN)n1. The second-order valence-corrected chi connectivity index (χ2v) is 6.32. The highest BCUT2D eigenvalue weighted by Crippen LogP contribution is 2.20. The number of nitrogens with zero attached hydrogens (tertiary/aromatic N) is 2. The quantitative estimate of drug-likeness (QED) is 0.381. The van der Waals surface area contributed by atoms with Gasteiger partial charge in [-0.05, 0) is 6.92 Å². The van der Waals surface area contributed by atoms with Crippen molar-refractivity contribution in [1.82, 2.24) is 4.98 Å². The van der Waals surface area contributed by atoms with Crippen LogP contribution in [0.3, 0.4) is 0 Å². The van der Waals surface area contributed by atoms with Crippen LogP contribution in [-0.4, -0.2) is 36.4 Å². The Balaban J connectivity index is 2.94. The molecular weight excluding hydrogens is 274 g/mol. The number of hydrazine groups is 1. The molecule has 19 heavy (non-hydrogen) atoms. The molecule has 1 heterocycles. The van der Waals surface area contributed by atoms with Gasteiger partial charge in [0, 0.05) is 12.3 Å². The number of hydrogen-bond acceptors (Lipinski definition) is 8. The second kappa shape index (κ2) is 5.80. The molecule has 0 aliphatic rings. The Kier molecular flexibility index (Phi) is 4.62. The summed E-state index contributed by atoms with van der Waals surface area (Å²) in [6.07, 6.45) is 1.11. The van der Waals surface area contributed by atoms with E-state index in [0.717, 1.165) is 6.26 Å². The monoisotopic (exact) mass is 289 g/mol. The molecule has 106 valence electrons. The molecule has 1 aromatic heterocycles. The molecule has 0 aliphatic heterocycles. The smallest absolute Gasteiger partial charge is 0.276 e. The second-order valence-electron chi connectivity index (χ2n) is 4.14. The fraction of sp³-hybridized carbons (Fsp3) is 0.444. The molecule has 0 bridgehead atoms. The summed E-state index contributed by atoms with van der Waals surface area (Å²) >= 11 is 0. The summed E-state index contributed by atoms with van der Waals surface area (Å²) in [6.45, 7) is 1.64. The third-order valence-electron chi connectivity index (χ3n) is 2.12. The average molecular weight is 289 g/mol. The van der Waals surface area contributed by atoms with E-state index in [-0.39, 0.29) is 23.1 Å². The van der Waals surface area contributed by atoms with E-state index in [2.05, 4.69) is 15.7 Å². The van der Waals surface area contributed by atoms with Crippen LogP contribution < -0.4 is 16.6 Å². The third-order valence-corrected chi connectivity index (χ3v) is 3.22. The maximum atomic E-state index is 11.1. The lowest BCUT2D eigenvalue weighted by molar-refractivity contribution is -0.384. The normalized spacial score (nSPS) is 12.8. The molecule has 4 N–H and O–H groups in total. The zero-order valence-electron chi connectivity index (χ0n) is 10.5. The molecule has 9 nitrogen and oxygen atoms in total. The van der Waals surface area contributed by atoms with Crippen molar-refractivity contribution in [3.63, 3.8) is 0 Å². The van der Waals surface area contributed by atoms with Crippen LogP contribution in [0.25, 0.3) is 0 Å². The lowest BCUT2D eigenvalue weighted by Crippen LogP contribution is -2.25. The largest absolute Gasteiger partial charge is 0.366 e. The van der Waals surface area contributed by atoms with Gasteiger partial charge in [0.1, 0.15) is 21.5 Å². The van der Waals surface area contributed by atoms with E-state index in [9.17, 15) is 18.5 Å². The number of aromatic nitrogens is 1. The minimum Gasteiger partial charge on any atom is -0.366 e. The number of nitrogens with one attached hydrogen (secondary N) is 2. The van der Waals surface area contributed by atoms with Crippen LogP contribution in [0.1, 0.15) is 6.92 Å². The molecule has 1 rings (SSSR count). The predicted octanol–water partition coefficient (Wildman–Crippen LogP) is 0.120. The van der Waals surface area contributed by atoms with Crippen molar-refractivity contribution >= 4 is 27.2 Å². The van der Waals surface area contributed by atoms with Crippen molar-refractivity contribution in [3.8, 4) is 0 Å². The van der Waals surface area contributed by atoms with Crippen molar-refractivity contribution < 1.29 is 13.3 Å². The fourth-order valence-electron chi connectivity index (χ4n) is 1.52. The lowest BCUT2D eigenvalue weighted by Gasteiger charge is -2.13. The molecule has 1 atom stereocenters. The fourth-order valence-corrected chi connectivity index (χ4v) is 2.51. The summed E-state index contributed by atoms with van der Waals surface area (Å²) in [6, 6.07) is 1.95. The van der Waals surface area contributed by atoms with Crippen molar-refractivity contribution in [1.29, 1.82) is 0 Å². The van der Waals surface area contributed by atoms with Gasteiger partial charge in [0.2, 0.25) is 0 Å². The van der Waals surface area contributed by atoms with Gasteiger partial charge < -0.3 is 10.7 Å². The van der Waals surface area contributed by atoms with Crippen LogP contribution in [0.4, 0.5) is 17.3 Å². The lowest BCUT2D eigenvalue weighted by atomic mass is 10.3. The Labute approximate surface area is 110 Å². The third kappa shape index (κ3) is 5.06. The van der Waals surface area contributed by atoms with Crippen LogP contribution in [0.15, 0.2) is 12.1 Å². The van der Waals surface area contributed by atoms with E-state index in [1.165, 1.54) is 12.1 Å². The minimum atomic E-state index is -3.15. The van der Waals surface area contributed by atoms with Gasteiger partial charge in [0.25, 0.3) is 5.69 Å². The number of nitrogens with two attached hydrogens (primary N) is 1. The summed E-state index contributed by atoms with van der Waals surface area (Å²) in [7, 11) is -3.15. The molecule has 0 aliphatic carbocycles. The molecule has 0 aromatic carbocycles. The molecule has 0 saturated carbocycles. The number of rotatable bonds is 6. The van der Waals surface area contributed by atoms with E-state index in [1.807, 2.05) is 0 Å². The molecule has 0 amide bonds. The zero-order valence-corrected chi connectivity index (χ0v) is 11.3. The summed E-state index contributed by atoms with van der Waals surface area (Å²) in [5, 5.41) is 13.5.